The van der Waals surface area contributed by atoms with E-state index in [9.17, 15) is 28.8 Å². The van der Waals surface area contributed by atoms with Crippen molar-refractivity contribution in [2.45, 2.75) is 72.3 Å². The monoisotopic (exact) mass is 918 g/mol. The van der Waals surface area contributed by atoms with E-state index in [2.05, 4.69) is 27.4 Å². The van der Waals surface area contributed by atoms with Gasteiger partial charge in [-0.3, -0.25) is 19.2 Å². The fraction of sp³-hybridized carbons (Fsp3) is 0.479. The van der Waals surface area contributed by atoms with Crippen LogP contribution in [0, 0.1) is 13.8 Å². The number of hydrogen-bond donors (Lipinski definition) is 3. The molecule has 1 aliphatic rings. The van der Waals surface area contributed by atoms with Gasteiger partial charge in [0, 0.05) is 76.5 Å². The summed E-state index contributed by atoms with van der Waals surface area (Å²) in [6, 6.07) is 14.7. The molecule has 2 heterocycles. The summed E-state index contributed by atoms with van der Waals surface area (Å²) in [5.41, 5.74) is 3.71. The molecule has 358 valence electrons. The first-order chi connectivity index (χ1) is 31.9. The quantitative estimate of drug-likeness (QED) is 0.0210. The molecule has 0 bridgehead atoms. The molecule has 3 N–H and O–H groups in total. The number of amides is 4. The van der Waals surface area contributed by atoms with E-state index in [1.807, 2.05) is 43.4 Å². The number of carbonyl (C=O) groups excluding carboxylic acids is 6. The van der Waals surface area contributed by atoms with Gasteiger partial charge in [-0.2, -0.15) is 4.57 Å². The Bertz CT molecular complexity index is 2210. The number of ether oxygens (including phenoxy) is 6. The van der Waals surface area contributed by atoms with E-state index in [1.165, 1.54) is 0 Å². The predicted molar refractivity (Wildman–Crippen MR) is 244 cm³/mol. The number of hydrogen-bond acceptors (Lipinski definition) is 14. The lowest BCUT2D eigenvalue weighted by atomic mass is 10.0. The molecule has 4 aromatic rings. The highest BCUT2D eigenvalue weighted by atomic mass is 16.7. The second kappa shape index (κ2) is 27.3. The average molecular weight is 919 g/mol. The first-order valence-electron chi connectivity index (χ1n) is 22.1. The summed E-state index contributed by atoms with van der Waals surface area (Å²) in [5, 5.41) is 10.3. The molecule has 18 nitrogen and oxygen atoms in total. The van der Waals surface area contributed by atoms with Crippen LogP contribution in [0.25, 0.3) is 21.8 Å². The fourth-order valence-corrected chi connectivity index (χ4v) is 7.00. The molecule has 3 aromatic carbocycles. The number of aromatic nitrogens is 1. The van der Waals surface area contributed by atoms with E-state index in [0.29, 0.717) is 68.6 Å². The molecule has 1 saturated heterocycles. The van der Waals surface area contributed by atoms with Crippen molar-refractivity contribution in [3.63, 3.8) is 0 Å². The van der Waals surface area contributed by atoms with Crippen LogP contribution in [0.5, 0.6) is 17.2 Å². The van der Waals surface area contributed by atoms with Crippen LogP contribution in [-0.2, 0) is 44.8 Å². The molecule has 0 aliphatic carbocycles. The third-order valence-electron chi connectivity index (χ3n) is 10.4. The smallest absolute Gasteiger partial charge is 0.345 e. The number of aryl methyl sites for hydroxylation is 3. The van der Waals surface area contributed by atoms with E-state index in [4.69, 9.17) is 33.3 Å². The maximum atomic E-state index is 14.3. The van der Waals surface area contributed by atoms with E-state index in [-0.39, 0.29) is 70.2 Å². The number of hydroxylamine groups is 2. The lowest BCUT2D eigenvalue weighted by Crippen LogP contribution is -2.36. The zero-order chi connectivity index (χ0) is 48.0. The van der Waals surface area contributed by atoms with Gasteiger partial charge in [0.05, 0.1) is 63.6 Å². The number of likely N-dealkylation sites (N-methyl/N-ethyl adjacent to an activating group) is 1. The number of nitrogens with one attached hydrogen (secondary N) is 3. The summed E-state index contributed by atoms with van der Waals surface area (Å²) in [5.74, 6) is -1.50. The van der Waals surface area contributed by atoms with Crippen molar-refractivity contribution in [3.8, 4) is 17.2 Å². The third-order valence-corrected chi connectivity index (χ3v) is 10.4. The molecule has 4 amide bonds. The Hall–Kier alpha value is -6.21. The van der Waals surface area contributed by atoms with Crippen molar-refractivity contribution < 1.29 is 66.6 Å². The van der Waals surface area contributed by atoms with Crippen LogP contribution in [0.15, 0.2) is 48.5 Å². The molecule has 0 unspecified atom stereocenters. The summed E-state index contributed by atoms with van der Waals surface area (Å²) < 4.78 is 34.9. The fourth-order valence-electron chi connectivity index (χ4n) is 7.00. The average Bonchev–Trinajstić information content (AvgIpc) is 3.62. The Morgan fingerprint density at radius 3 is 1.85 bits per heavy atom. The molecule has 66 heavy (non-hydrogen) atoms. The molecule has 0 radical (unpaired) electrons. The van der Waals surface area contributed by atoms with E-state index in [1.54, 1.807) is 47.3 Å². The number of nitrogens with zero attached hydrogens (tertiary/aromatic N) is 2. The van der Waals surface area contributed by atoms with Crippen LogP contribution < -0.4 is 34.7 Å². The van der Waals surface area contributed by atoms with Crippen LogP contribution in [0.1, 0.15) is 83.7 Å². The largest absolute Gasteiger partial charge is 0.497 e. The predicted octanol–water partition coefficient (Wildman–Crippen LogP) is 4.44. The SMILES string of the molecule is CCCC[n+]1c2ccc(OC)cc2c(C(=O)Oc2c(C)cc(C(=O)NCCOCCNC(=O)CCCC(=O)ON3C(=O)CCC3=O)cc2C)c2cc(OC)ccc21.CNCCOCCOC. The number of carbonyl (C=O) groups is 6. The van der Waals surface area contributed by atoms with Crippen molar-refractivity contribution in [1.29, 1.82) is 0 Å². The van der Waals surface area contributed by atoms with Gasteiger partial charge in [0.2, 0.25) is 16.9 Å². The molecule has 0 spiro atoms. The third kappa shape index (κ3) is 15.2. The van der Waals surface area contributed by atoms with Gasteiger partial charge in [0.1, 0.15) is 23.8 Å². The minimum absolute atomic E-state index is 0.0104. The highest BCUT2D eigenvalue weighted by molar-refractivity contribution is 6.14. The topological polar surface area (TPSA) is 210 Å². The van der Waals surface area contributed by atoms with Gasteiger partial charge in [-0.15, -0.1) is 5.06 Å². The lowest BCUT2D eigenvalue weighted by molar-refractivity contribution is -0.645. The van der Waals surface area contributed by atoms with Gasteiger partial charge in [-0.05, 0) is 74.8 Å². The number of unbranched alkanes of at least 4 members (excludes halogenated alkanes) is 1. The maximum Gasteiger partial charge on any atom is 0.345 e. The number of rotatable bonds is 25. The van der Waals surface area contributed by atoms with E-state index < -0.39 is 23.8 Å². The van der Waals surface area contributed by atoms with Gasteiger partial charge in [0.25, 0.3) is 17.7 Å². The summed E-state index contributed by atoms with van der Waals surface area (Å²) >= 11 is 0. The first kappa shape index (κ1) is 52.4. The minimum Gasteiger partial charge on any atom is -0.497 e. The van der Waals surface area contributed by atoms with Gasteiger partial charge < -0.3 is 49.2 Å². The van der Waals surface area contributed by atoms with Crippen molar-refractivity contribution in [3.05, 3.63) is 70.8 Å². The van der Waals surface area contributed by atoms with Crippen LogP contribution in [0.3, 0.4) is 0 Å². The molecular weight excluding hydrogens is 855 g/mol. The van der Waals surface area contributed by atoms with E-state index >= 15 is 0 Å². The van der Waals surface area contributed by atoms with Gasteiger partial charge >= 0.3 is 11.9 Å². The van der Waals surface area contributed by atoms with Crippen LogP contribution >= 0.6 is 0 Å². The summed E-state index contributed by atoms with van der Waals surface area (Å²) in [7, 11) is 6.73. The van der Waals surface area contributed by atoms with Crippen LogP contribution in [0.2, 0.25) is 0 Å². The maximum absolute atomic E-state index is 14.3. The standard InChI is InChI=1S/C42H48N4O11.C6H15NO2/c1-6-7-19-45-33-13-11-29(53-4)24-31(33)39(32-25-30(54-5)12-14-34(32)45)42(52)56-40-26(2)22-28(23-27(40)3)41(51)44-18-21-55-20-17-43-35(47)9-8-10-38(50)57-46-36(48)15-16-37(46)49;1-7-3-4-9-6-5-8-2/h11-14,22-25H,6-10,15-21H2,1-5H3,(H-,43,44,47,51);7H,3-6H2,1-2H3/p+1. The summed E-state index contributed by atoms with van der Waals surface area (Å²) in [6.07, 6.45) is 2.07. The van der Waals surface area contributed by atoms with Crippen molar-refractivity contribution in [1.82, 2.24) is 21.0 Å². The minimum atomic E-state index is -0.758. The van der Waals surface area contributed by atoms with Crippen molar-refractivity contribution in [2.24, 2.45) is 0 Å². The zero-order valence-corrected chi connectivity index (χ0v) is 39.1. The number of esters is 1. The Morgan fingerprint density at radius 1 is 0.712 bits per heavy atom. The van der Waals surface area contributed by atoms with Crippen LogP contribution in [0.4, 0.5) is 0 Å². The summed E-state index contributed by atoms with van der Waals surface area (Å²) in [6.45, 7) is 10.3. The molecule has 5 rings (SSSR count). The van der Waals surface area contributed by atoms with Gasteiger partial charge in [0.15, 0.2) is 0 Å². The van der Waals surface area contributed by atoms with E-state index in [0.717, 1.165) is 43.6 Å². The molecule has 18 heteroatoms. The van der Waals surface area contributed by atoms with Gasteiger partial charge in [-0.1, -0.05) is 13.3 Å². The normalized spacial score (nSPS) is 12.2. The highest BCUT2D eigenvalue weighted by Crippen LogP contribution is 2.33. The van der Waals surface area contributed by atoms with Gasteiger partial charge in [-0.25, -0.2) is 9.59 Å². The number of methoxy groups -OCH3 is 3. The first-order valence-corrected chi connectivity index (χ1v) is 22.1. The molecule has 0 atom stereocenters. The Morgan fingerprint density at radius 2 is 1.29 bits per heavy atom. The lowest BCUT2D eigenvalue weighted by Gasteiger charge is -2.16. The van der Waals surface area contributed by atoms with Crippen molar-refractivity contribution >= 4 is 57.4 Å². The molecule has 0 saturated carbocycles. The Labute approximate surface area is 385 Å². The summed E-state index contributed by atoms with van der Waals surface area (Å²) in [4.78, 5) is 79.1. The van der Waals surface area contributed by atoms with Crippen molar-refractivity contribution in [2.75, 3.05) is 81.0 Å². The second-order valence-electron chi connectivity index (χ2n) is 15.3. The molecular formula is C48H64N5O13+. The Balaban J connectivity index is 0.000000955. The number of pyridine rings is 1. The molecule has 1 aromatic heterocycles. The van der Waals surface area contributed by atoms with Crippen LogP contribution in [-0.4, -0.2) is 122 Å². The highest BCUT2D eigenvalue weighted by Gasteiger charge is 2.33. The molecule has 1 fully saturated rings. The number of benzene rings is 3. The second-order valence-corrected chi connectivity index (χ2v) is 15.3. The Kier molecular flexibility index (Phi) is 21.7. The number of imide groups is 1. The number of fused-ring (bicyclic) bond motifs is 2. The molecule has 1 aliphatic heterocycles. The zero-order valence-electron chi connectivity index (χ0n) is 39.1.